The van der Waals surface area contributed by atoms with Crippen molar-refractivity contribution < 1.29 is 9.53 Å². The lowest BCUT2D eigenvalue weighted by Crippen LogP contribution is -2.08. The molecule has 122 valence electrons. The minimum Gasteiger partial charge on any atom is -0.402 e. The Morgan fingerprint density at radius 1 is 1.04 bits per heavy atom. The van der Waals surface area contributed by atoms with Crippen LogP contribution >= 0.6 is 23.2 Å². The Kier molecular flexibility index (Phi) is 4.60. The summed E-state index contributed by atoms with van der Waals surface area (Å²) in [6.45, 7) is 0. The van der Waals surface area contributed by atoms with E-state index in [4.69, 9.17) is 27.9 Å². The van der Waals surface area contributed by atoms with Gasteiger partial charge in [-0.05, 0) is 42.0 Å². The largest absolute Gasteiger partial charge is 0.402 e. The first-order valence-corrected chi connectivity index (χ1v) is 7.95. The summed E-state index contributed by atoms with van der Waals surface area (Å²) in [6.07, 6.45) is 1.69. The number of rotatable bonds is 3. The summed E-state index contributed by atoms with van der Waals surface area (Å²) in [7, 11) is 3.94. The van der Waals surface area contributed by atoms with E-state index in [1.807, 2.05) is 43.3 Å². The molecule has 0 amide bonds. The first kappa shape index (κ1) is 16.6. The maximum atomic E-state index is 12.0. The van der Waals surface area contributed by atoms with Crippen molar-refractivity contribution in [1.29, 1.82) is 0 Å². The Morgan fingerprint density at radius 3 is 2.38 bits per heavy atom. The van der Waals surface area contributed by atoms with Gasteiger partial charge in [-0.3, -0.25) is 0 Å². The van der Waals surface area contributed by atoms with Gasteiger partial charge < -0.3 is 9.64 Å². The van der Waals surface area contributed by atoms with E-state index in [9.17, 15) is 4.79 Å². The third-order valence-corrected chi connectivity index (χ3v) is 4.24. The maximum absolute atomic E-state index is 12.0. The van der Waals surface area contributed by atoms with Crippen LogP contribution in [0.4, 0.5) is 5.69 Å². The van der Waals surface area contributed by atoms with Crippen molar-refractivity contribution >= 4 is 46.8 Å². The second-order valence-corrected chi connectivity index (χ2v) is 6.27. The van der Waals surface area contributed by atoms with Crippen LogP contribution < -0.4 is 4.90 Å². The summed E-state index contributed by atoms with van der Waals surface area (Å²) in [6, 6.07) is 12.7. The molecule has 2 aromatic rings. The van der Waals surface area contributed by atoms with E-state index in [0.717, 1.165) is 11.3 Å². The standard InChI is InChI=1S/C18H14Cl2N2O2/c1-22(2)13-6-3-11(4-7-13)9-16-18(23)24-17(21-16)12-5-8-14(19)15(20)10-12/h3-10H,1-2H3. The second-order valence-electron chi connectivity index (χ2n) is 5.45. The van der Waals surface area contributed by atoms with Crippen LogP contribution in [0.25, 0.3) is 6.08 Å². The van der Waals surface area contributed by atoms with Crippen LogP contribution in [0, 0.1) is 0 Å². The number of hydrogen-bond acceptors (Lipinski definition) is 4. The third-order valence-electron chi connectivity index (χ3n) is 3.50. The van der Waals surface area contributed by atoms with Gasteiger partial charge in [0.15, 0.2) is 5.70 Å². The van der Waals surface area contributed by atoms with Crippen LogP contribution in [-0.4, -0.2) is 26.0 Å². The van der Waals surface area contributed by atoms with Gasteiger partial charge in [-0.15, -0.1) is 0 Å². The molecule has 0 fully saturated rings. The number of carbonyl (C=O) groups is 1. The summed E-state index contributed by atoms with van der Waals surface area (Å²) in [4.78, 5) is 18.3. The number of anilines is 1. The number of hydrogen-bond donors (Lipinski definition) is 0. The Bertz CT molecular complexity index is 856. The minimum atomic E-state index is -0.493. The molecular formula is C18H14Cl2N2O2. The van der Waals surface area contributed by atoms with E-state index in [1.54, 1.807) is 24.3 Å². The number of cyclic esters (lactones) is 1. The van der Waals surface area contributed by atoms with E-state index in [1.165, 1.54) is 0 Å². The van der Waals surface area contributed by atoms with Gasteiger partial charge in [0.2, 0.25) is 5.90 Å². The maximum Gasteiger partial charge on any atom is 0.363 e. The molecule has 6 heteroatoms. The molecule has 0 radical (unpaired) electrons. The number of nitrogens with zero attached hydrogens (tertiary/aromatic N) is 2. The number of ether oxygens (including phenoxy) is 1. The third kappa shape index (κ3) is 3.45. The summed E-state index contributed by atoms with van der Waals surface area (Å²) < 4.78 is 5.22. The summed E-state index contributed by atoms with van der Waals surface area (Å²) in [5.74, 6) is -0.275. The summed E-state index contributed by atoms with van der Waals surface area (Å²) in [5.41, 5.74) is 2.79. The highest BCUT2D eigenvalue weighted by Crippen LogP contribution is 2.26. The van der Waals surface area contributed by atoms with E-state index < -0.39 is 5.97 Å². The van der Waals surface area contributed by atoms with Gasteiger partial charge in [0, 0.05) is 25.3 Å². The number of halogens is 2. The molecule has 0 atom stereocenters. The van der Waals surface area contributed by atoms with Crippen LogP contribution in [0.2, 0.25) is 10.0 Å². The zero-order chi connectivity index (χ0) is 17.3. The molecule has 0 spiro atoms. The number of carbonyl (C=O) groups excluding carboxylic acids is 1. The van der Waals surface area contributed by atoms with Crippen molar-refractivity contribution in [3.05, 3.63) is 69.3 Å². The molecule has 3 rings (SSSR count). The van der Waals surface area contributed by atoms with E-state index in [2.05, 4.69) is 4.99 Å². The van der Waals surface area contributed by atoms with Crippen molar-refractivity contribution in [2.24, 2.45) is 4.99 Å². The van der Waals surface area contributed by atoms with Gasteiger partial charge in [0.25, 0.3) is 0 Å². The van der Waals surface area contributed by atoms with Gasteiger partial charge >= 0.3 is 5.97 Å². The fourth-order valence-electron chi connectivity index (χ4n) is 2.19. The molecule has 0 unspecified atom stereocenters. The molecule has 1 heterocycles. The molecule has 24 heavy (non-hydrogen) atoms. The number of aliphatic imine (C=N–C) groups is 1. The van der Waals surface area contributed by atoms with Crippen LogP contribution in [-0.2, 0) is 9.53 Å². The fraction of sp³-hybridized carbons (Fsp3) is 0.111. The molecule has 4 nitrogen and oxygen atoms in total. The topological polar surface area (TPSA) is 41.9 Å². The zero-order valence-corrected chi connectivity index (χ0v) is 14.6. The molecule has 0 N–H and O–H groups in total. The van der Waals surface area contributed by atoms with Crippen molar-refractivity contribution in [3.63, 3.8) is 0 Å². The minimum absolute atomic E-state index is 0.217. The quantitative estimate of drug-likeness (QED) is 0.601. The molecule has 0 aromatic heterocycles. The Labute approximate surface area is 150 Å². The molecular weight excluding hydrogens is 347 g/mol. The average molecular weight is 361 g/mol. The lowest BCUT2D eigenvalue weighted by atomic mass is 10.1. The van der Waals surface area contributed by atoms with Crippen LogP contribution in [0.15, 0.2) is 53.2 Å². The van der Waals surface area contributed by atoms with Crippen molar-refractivity contribution in [2.75, 3.05) is 19.0 Å². The number of esters is 1. The normalized spacial score (nSPS) is 15.4. The van der Waals surface area contributed by atoms with Gasteiger partial charge in [0.1, 0.15) is 0 Å². The van der Waals surface area contributed by atoms with Gasteiger partial charge in [-0.2, -0.15) is 0 Å². The highest BCUT2D eigenvalue weighted by molar-refractivity contribution is 6.42. The predicted molar refractivity (Wildman–Crippen MR) is 97.8 cm³/mol. The van der Waals surface area contributed by atoms with Gasteiger partial charge in [-0.25, -0.2) is 9.79 Å². The van der Waals surface area contributed by atoms with Crippen molar-refractivity contribution in [2.45, 2.75) is 0 Å². The first-order chi connectivity index (χ1) is 11.4. The predicted octanol–water partition coefficient (Wildman–Crippen LogP) is 4.40. The lowest BCUT2D eigenvalue weighted by molar-refractivity contribution is -0.129. The summed E-state index contributed by atoms with van der Waals surface area (Å²) >= 11 is 11.9. The van der Waals surface area contributed by atoms with Crippen LogP contribution in [0.1, 0.15) is 11.1 Å². The first-order valence-electron chi connectivity index (χ1n) is 7.19. The van der Waals surface area contributed by atoms with E-state index in [-0.39, 0.29) is 11.6 Å². The SMILES string of the molecule is CN(C)c1ccc(C=C2N=C(c3ccc(Cl)c(Cl)c3)OC2=O)cc1. The van der Waals surface area contributed by atoms with Crippen LogP contribution in [0.5, 0.6) is 0 Å². The molecule has 2 aromatic carbocycles. The Balaban J connectivity index is 1.89. The second kappa shape index (κ2) is 6.67. The average Bonchev–Trinajstić information content (AvgIpc) is 2.91. The van der Waals surface area contributed by atoms with Gasteiger partial charge in [0.05, 0.1) is 10.0 Å². The number of benzene rings is 2. The molecule has 0 aliphatic carbocycles. The fourth-order valence-corrected chi connectivity index (χ4v) is 2.49. The zero-order valence-electron chi connectivity index (χ0n) is 13.1. The van der Waals surface area contributed by atoms with Crippen molar-refractivity contribution in [1.82, 2.24) is 0 Å². The monoisotopic (exact) mass is 360 g/mol. The van der Waals surface area contributed by atoms with E-state index >= 15 is 0 Å². The smallest absolute Gasteiger partial charge is 0.363 e. The highest BCUT2D eigenvalue weighted by Gasteiger charge is 2.24. The molecule has 0 saturated heterocycles. The molecule has 1 aliphatic heterocycles. The molecule has 0 saturated carbocycles. The van der Waals surface area contributed by atoms with Crippen LogP contribution in [0.3, 0.4) is 0 Å². The summed E-state index contributed by atoms with van der Waals surface area (Å²) in [5, 5.41) is 0.812. The Morgan fingerprint density at radius 2 is 1.75 bits per heavy atom. The highest BCUT2D eigenvalue weighted by atomic mass is 35.5. The Hall–Kier alpha value is -2.30. The molecule has 1 aliphatic rings. The van der Waals surface area contributed by atoms with Crippen molar-refractivity contribution in [3.8, 4) is 0 Å². The van der Waals surface area contributed by atoms with E-state index in [0.29, 0.717) is 15.6 Å². The van der Waals surface area contributed by atoms with Gasteiger partial charge in [-0.1, -0.05) is 35.3 Å². The lowest BCUT2D eigenvalue weighted by Gasteiger charge is -2.11. The molecule has 0 bridgehead atoms.